The smallest absolute Gasteiger partial charge is 0.238 e. The lowest BCUT2D eigenvalue weighted by Gasteiger charge is -2.35. The summed E-state index contributed by atoms with van der Waals surface area (Å²) in [6.45, 7) is 15.4. The second-order valence-corrected chi connectivity index (χ2v) is 11.2. The van der Waals surface area contributed by atoms with Crippen molar-refractivity contribution in [2.24, 2.45) is 0 Å². The molecular weight excluding hydrogens is 456 g/mol. The van der Waals surface area contributed by atoms with Crippen molar-refractivity contribution in [3.8, 4) is 0 Å². The van der Waals surface area contributed by atoms with Crippen molar-refractivity contribution in [2.45, 2.75) is 47.1 Å². The third kappa shape index (κ3) is 5.20. The highest BCUT2D eigenvalue weighted by Gasteiger charge is 2.25. The Balaban J connectivity index is 1.28. The van der Waals surface area contributed by atoms with Crippen molar-refractivity contribution in [1.29, 1.82) is 0 Å². The molecule has 0 bridgehead atoms. The number of carbonyl (C=O) groups is 1. The van der Waals surface area contributed by atoms with Crippen molar-refractivity contribution in [3.05, 3.63) is 45.6 Å². The Morgan fingerprint density at radius 3 is 2.31 bits per heavy atom. The fraction of sp³-hybridized carbons (Fsp3) is 0.519. The Hall–Kier alpha value is -2.55. The average Bonchev–Trinajstić information content (AvgIpc) is 3.44. The molecule has 1 N–H and O–H groups in total. The first-order valence-electron chi connectivity index (χ1n) is 12.7. The maximum absolute atomic E-state index is 12.8. The maximum Gasteiger partial charge on any atom is 0.238 e. The minimum absolute atomic E-state index is 0.0532. The Labute approximate surface area is 212 Å². The molecule has 5 rings (SSSR count). The van der Waals surface area contributed by atoms with Crippen LogP contribution in [0.1, 0.15) is 40.2 Å². The summed E-state index contributed by atoms with van der Waals surface area (Å²) in [5.74, 6) is 2.06. The number of para-hydroxylation sites is 1. The number of nitrogens with zero attached hydrogens (tertiary/aromatic N) is 5. The molecule has 0 unspecified atom stereocenters. The van der Waals surface area contributed by atoms with Crippen molar-refractivity contribution in [1.82, 2.24) is 19.8 Å². The van der Waals surface area contributed by atoms with E-state index >= 15 is 0 Å². The average molecular weight is 493 g/mol. The first-order chi connectivity index (χ1) is 16.9. The fourth-order valence-corrected chi connectivity index (χ4v) is 6.27. The van der Waals surface area contributed by atoms with E-state index in [1.165, 1.54) is 28.7 Å². The Morgan fingerprint density at radius 2 is 1.63 bits per heavy atom. The molecule has 0 spiro atoms. The van der Waals surface area contributed by atoms with Gasteiger partial charge in [0.2, 0.25) is 5.91 Å². The van der Waals surface area contributed by atoms with E-state index < -0.39 is 0 Å². The molecule has 2 aliphatic heterocycles. The van der Waals surface area contributed by atoms with Gasteiger partial charge in [0.15, 0.2) is 0 Å². The van der Waals surface area contributed by atoms with E-state index in [1.54, 1.807) is 11.3 Å². The van der Waals surface area contributed by atoms with Crippen molar-refractivity contribution < 1.29 is 4.79 Å². The van der Waals surface area contributed by atoms with E-state index in [-0.39, 0.29) is 5.91 Å². The topological polar surface area (TPSA) is 64.6 Å². The molecule has 0 saturated carbocycles. The highest BCUT2D eigenvalue weighted by atomic mass is 32.1. The summed E-state index contributed by atoms with van der Waals surface area (Å²) >= 11 is 1.78. The molecule has 2 aliphatic rings. The number of likely N-dealkylation sites (tertiary alicyclic amines) is 1. The van der Waals surface area contributed by atoms with Crippen LogP contribution in [0.15, 0.2) is 18.2 Å². The maximum atomic E-state index is 12.8. The van der Waals surface area contributed by atoms with E-state index in [0.717, 1.165) is 79.1 Å². The molecule has 3 aromatic rings. The van der Waals surface area contributed by atoms with Gasteiger partial charge in [-0.25, -0.2) is 9.97 Å². The zero-order valence-electron chi connectivity index (χ0n) is 21.4. The summed E-state index contributed by atoms with van der Waals surface area (Å²) in [4.78, 5) is 32.4. The number of rotatable bonds is 6. The summed E-state index contributed by atoms with van der Waals surface area (Å²) in [7, 11) is 0. The normalized spacial score (nSPS) is 17.4. The number of aromatic nitrogens is 2. The number of nitrogens with one attached hydrogen (secondary N) is 1. The van der Waals surface area contributed by atoms with Crippen LogP contribution >= 0.6 is 11.3 Å². The molecule has 8 heteroatoms. The largest absolute Gasteiger partial charge is 0.353 e. The van der Waals surface area contributed by atoms with Gasteiger partial charge < -0.3 is 10.2 Å². The van der Waals surface area contributed by atoms with E-state index in [2.05, 4.69) is 33.9 Å². The van der Waals surface area contributed by atoms with Crippen LogP contribution in [0.2, 0.25) is 0 Å². The monoisotopic (exact) mass is 492 g/mol. The van der Waals surface area contributed by atoms with Crippen LogP contribution in [0.5, 0.6) is 0 Å². The second-order valence-electron chi connectivity index (χ2n) is 9.99. The number of hydrogen-bond donors (Lipinski definition) is 1. The zero-order chi connectivity index (χ0) is 24.5. The van der Waals surface area contributed by atoms with E-state index in [4.69, 9.17) is 9.97 Å². The first-order valence-corrected chi connectivity index (χ1v) is 13.5. The fourth-order valence-electron chi connectivity index (χ4n) is 5.22. The third-order valence-electron chi connectivity index (χ3n) is 7.40. The van der Waals surface area contributed by atoms with Crippen LogP contribution in [-0.4, -0.2) is 71.5 Å². The lowest BCUT2D eigenvalue weighted by molar-refractivity contribution is -0.117. The van der Waals surface area contributed by atoms with Gasteiger partial charge in [-0.2, -0.15) is 0 Å². The van der Waals surface area contributed by atoms with Crippen LogP contribution < -0.4 is 10.2 Å². The van der Waals surface area contributed by atoms with E-state index in [0.29, 0.717) is 6.54 Å². The highest BCUT2D eigenvalue weighted by Crippen LogP contribution is 2.35. The zero-order valence-corrected chi connectivity index (χ0v) is 22.2. The molecule has 1 amide bonds. The predicted molar refractivity (Wildman–Crippen MR) is 145 cm³/mol. The number of carbonyl (C=O) groups excluding carboxylic acids is 1. The molecular formula is C27H36N6OS. The Morgan fingerprint density at radius 1 is 0.943 bits per heavy atom. The molecule has 7 nitrogen and oxygen atoms in total. The van der Waals surface area contributed by atoms with Gasteiger partial charge in [-0.05, 0) is 70.3 Å². The van der Waals surface area contributed by atoms with E-state index in [9.17, 15) is 4.79 Å². The molecule has 2 saturated heterocycles. The van der Waals surface area contributed by atoms with Gasteiger partial charge in [-0.3, -0.25) is 14.6 Å². The minimum Gasteiger partial charge on any atom is -0.353 e. The number of fused-ring (bicyclic) bond motifs is 1. The molecule has 35 heavy (non-hydrogen) atoms. The number of piperazine rings is 1. The number of thiophene rings is 1. The number of benzene rings is 1. The van der Waals surface area contributed by atoms with Crippen molar-refractivity contribution >= 4 is 39.0 Å². The third-order valence-corrected chi connectivity index (χ3v) is 8.51. The van der Waals surface area contributed by atoms with Gasteiger partial charge in [-0.1, -0.05) is 18.2 Å². The number of amides is 1. The summed E-state index contributed by atoms with van der Waals surface area (Å²) in [6.07, 6.45) is 2.54. The molecule has 4 heterocycles. The van der Waals surface area contributed by atoms with Crippen molar-refractivity contribution in [3.63, 3.8) is 0 Å². The number of hydrogen-bond acceptors (Lipinski definition) is 7. The second kappa shape index (κ2) is 10.2. The Kier molecular flexibility index (Phi) is 7.05. The van der Waals surface area contributed by atoms with Gasteiger partial charge in [0.05, 0.1) is 18.5 Å². The molecule has 186 valence electrons. The number of anilines is 2. The standard InChI is InChI=1S/C27H36N6OS/c1-18-8-7-9-19(2)25(18)30-23(34)17-32-12-14-33(15-13-32)26-24-20(3)21(4)35-27(24)29-22(28-26)16-31-10-5-6-11-31/h7-9H,5-6,10-17H2,1-4H3,(H,30,34). The summed E-state index contributed by atoms with van der Waals surface area (Å²) < 4.78 is 0. The van der Waals surface area contributed by atoms with Gasteiger partial charge >= 0.3 is 0 Å². The van der Waals surface area contributed by atoms with Gasteiger partial charge in [0.1, 0.15) is 16.5 Å². The summed E-state index contributed by atoms with van der Waals surface area (Å²) in [6, 6.07) is 6.10. The quantitative estimate of drug-likeness (QED) is 0.554. The van der Waals surface area contributed by atoms with Crippen LogP contribution in [0, 0.1) is 27.7 Å². The summed E-state index contributed by atoms with van der Waals surface area (Å²) in [5.41, 5.74) is 4.43. The predicted octanol–water partition coefficient (Wildman–Crippen LogP) is 4.28. The SMILES string of the molecule is Cc1cccc(C)c1NC(=O)CN1CCN(c2nc(CN3CCCC3)nc3sc(C)c(C)c23)CC1. The molecule has 2 aromatic heterocycles. The van der Waals surface area contributed by atoms with Crippen molar-refractivity contribution in [2.75, 3.05) is 56.0 Å². The molecule has 2 fully saturated rings. The van der Waals surface area contributed by atoms with Crippen LogP contribution in [-0.2, 0) is 11.3 Å². The molecule has 1 aromatic carbocycles. The van der Waals surface area contributed by atoms with E-state index in [1.807, 2.05) is 32.0 Å². The summed E-state index contributed by atoms with van der Waals surface area (Å²) in [5, 5.41) is 4.33. The molecule has 0 radical (unpaired) electrons. The Bertz CT molecular complexity index is 1200. The lowest BCUT2D eigenvalue weighted by atomic mass is 10.1. The van der Waals surface area contributed by atoms with Crippen LogP contribution in [0.25, 0.3) is 10.2 Å². The van der Waals surface area contributed by atoms with Crippen LogP contribution in [0.4, 0.5) is 11.5 Å². The highest BCUT2D eigenvalue weighted by molar-refractivity contribution is 7.18. The molecule has 0 aliphatic carbocycles. The minimum atomic E-state index is 0.0532. The lowest BCUT2D eigenvalue weighted by Crippen LogP contribution is -2.49. The van der Waals surface area contributed by atoms with Gasteiger partial charge in [-0.15, -0.1) is 11.3 Å². The van der Waals surface area contributed by atoms with Gasteiger partial charge in [0.25, 0.3) is 0 Å². The number of aryl methyl sites for hydroxylation is 4. The van der Waals surface area contributed by atoms with Gasteiger partial charge in [0, 0.05) is 36.7 Å². The first kappa shape index (κ1) is 24.2. The van der Waals surface area contributed by atoms with Crippen LogP contribution in [0.3, 0.4) is 0 Å². The molecule has 0 atom stereocenters.